The molecule has 1 atom stereocenters. The van der Waals surface area contributed by atoms with Crippen LogP contribution in [0, 0.1) is 19.0 Å². The van der Waals surface area contributed by atoms with Gasteiger partial charge in [-0.3, -0.25) is 0 Å². The smallest absolute Gasteiger partial charge is 0.333 e. The predicted molar refractivity (Wildman–Crippen MR) is 132 cm³/mol. The van der Waals surface area contributed by atoms with Crippen molar-refractivity contribution in [2.75, 3.05) is 13.2 Å². The maximum Gasteiger partial charge on any atom is 0.333 e. The van der Waals surface area contributed by atoms with Gasteiger partial charge in [0.25, 0.3) is 0 Å². The molecule has 0 fully saturated rings. The molecule has 0 heterocycles. The van der Waals surface area contributed by atoms with Gasteiger partial charge in [0.1, 0.15) is 12.4 Å². The molecule has 0 spiro atoms. The van der Waals surface area contributed by atoms with E-state index in [-0.39, 0.29) is 6.42 Å². The molecule has 0 saturated heterocycles. The first-order chi connectivity index (χ1) is 13.9. The van der Waals surface area contributed by atoms with Gasteiger partial charge in [0.15, 0.2) is 6.10 Å². The Morgan fingerprint density at radius 2 is 1.97 bits per heavy atom. The summed E-state index contributed by atoms with van der Waals surface area (Å²) in [4.78, 5) is 11.2. The second-order valence-electron chi connectivity index (χ2n) is 5.89. The largest absolute Gasteiger partial charge is 0.488 e. The summed E-state index contributed by atoms with van der Waals surface area (Å²) in [5, 5.41) is 9.60. The lowest BCUT2D eigenvalue weighted by Crippen LogP contribution is -2.26. The van der Waals surface area contributed by atoms with E-state index >= 15 is 0 Å². The van der Waals surface area contributed by atoms with E-state index in [1.54, 1.807) is 31.2 Å². The molecule has 152 valence electrons. The fraction of sp³-hybridized carbons (Fsp3) is 0.227. The number of carboxylic acid groups (broad SMARTS) is 1. The molecule has 0 aliphatic rings. The summed E-state index contributed by atoms with van der Waals surface area (Å²) in [6.45, 7) is 2.43. The molecule has 0 saturated carbocycles. The lowest BCUT2D eigenvalue weighted by Gasteiger charge is -2.13. The van der Waals surface area contributed by atoms with E-state index in [1.165, 1.54) is 0 Å². The highest BCUT2D eigenvalue weighted by atomic mass is 127. The topological polar surface area (TPSA) is 55.8 Å². The Balaban J connectivity index is 1.90. The van der Waals surface area contributed by atoms with E-state index in [0.717, 1.165) is 18.3 Å². The lowest BCUT2D eigenvalue weighted by molar-refractivity contribution is -0.149. The Morgan fingerprint density at radius 3 is 2.59 bits per heavy atom. The fourth-order valence-corrected chi connectivity index (χ4v) is 4.61. The van der Waals surface area contributed by atoms with Crippen LogP contribution in [0.5, 0.6) is 5.75 Å². The van der Waals surface area contributed by atoms with Crippen molar-refractivity contribution >= 4 is 62.8 Å². The molecule has 0 aromatic heterocycles. The summed E-state index contributed by atoms with van der Waals surface area (Å²) in [7, 11) is 0. The monoisotopic (exact) mass is 636 g/mol. The first-order valence-electron chi connectivity index (χ1n) is 8.77. The van der Waals surface area contributed by atoms with E-state index in [0.29, 0.717) is 24.0 Å². The predicted octanol–water partition coefficient (Wildman–Crippen LogP) is 5.57. The van der Waals surface area contributed by atoms with Crippen LogP contribution in [0.1, 0.15) is 18.1 Å². The molecule has 2 rings (SSSR count). The van der Waals surface area contributed by atoms with Crippen LogP contribution in [0.25, 0.3) is 0 Å². The van der Waals surface area contributed by atoms with E-state index in [2.05, 4.69) is 63.1 Å². The number of carboxylic acids is 1. The van der Waals surface area contributed by atoms with E-state index in [4.69, 9.17) is 21.1 Å². The zero-order chi connectivity index (χ0) is 21.2. The quantitative estimate of drug-likeness (QED) is 0.304. The number of carbonyl (C=O) groups is 1. The van der Waals surface area contributed by atoms with Gasteiger partial charge in [0.05, 0.1) is 5.02 Å². The Hall–Kier alpha value is -1.28. The van der Waals surface area contributed by atoms with Crippen molar-refractivity contribution in [3.63, 3.8) is 0 Å². The second kappa shape index (κ2) is 12.4. The second-order valence-corrected chi connectivity index (χ2v) is 8.79. The molecular weight excluding hydrogens is 617 g/mol. The van der Waals surface area contributed by atoms with Gasteiger partial charge in [0, 0.05) is 25.7 Å². The Bertz CT molecular complexity index is 927. The molecule has 1 unspecified atom stereocenters. The SMILES string of the molecule is CCOC(Cc1ccc(OCC=CC#Cc2cc(I)cc(I)c2)c(Cl)c1)C(=O)O. The molecule has 4 nitrogen and oxygen atoms in total. The number of rotatable bonds is 8. The van der Waals surface area contributed by atoms with Crippen molar-refractivity contribution in [3.8, 4) is 17.6 Å². The van der Waals surface area contributed by atoms with Crippen molar-refractivity contribution in [2.24, 2.45) is 0 Å². The summed E-state index contributed by atoms with van der Waals surface area (Å²) in [5.41, 5.74) is 1.74. The molecule has 29 heavy (non-hydrogen) atoms. The van der Waals surface area contributed by atoms with Gasteiger partial charge >= 0.3 is 5.97 Å². The third-order valence-electron chi connectivity index (χ3n) is 3.68. The number of benzene rings is 2. The average molecular weight is 637 g/mol. The van der Waals surface area contributed by atoms with Gasteiger partial charge < -0.3 is 14.6 Å². The van der Waals surface area contributed by atoms with Crippen LogP contribution >= 0.6 is 56.8 Å². The fourth-order valence-electron chi connectivity index (χ4n) is 2.42. The number of ether oxygens (including phenoxy) is 2. The highest BCUT2D eigenvalue weighted by Gasteiger charge is 2.18. The summed E-state index contributed by atoms with van der Waals surface area (Å²) >= 11 is 10.8. The Morgan fingerprint density at radius 1 is 1.24 bits per heavy atom. The Kier molecular flexibility index (Phi) is 10.3. The van der Waals surface area contributed by atoms with Crippen LogP contribution < -0.4 is 4.74 Å². The summed E-state index contributed by atoms with van der Waals surface area (Å²) in [6.07, 6.45) is 2.91. The first-order valence-corrected chi connectivity index (χ1v) is 11.3. The Labute approximate surface area is 202 Å². The number of allylic oxidation sites excluding steroid dienone is 1. The van der Waals surface area contributed by atoms with Crippen molar-refractivity contribution in [1.29, 1.82) is 0 Å². The third kappa shape index (κ3) is 8.54. The molecule has 0 aliphatic carbocycles. The number of hydrogen-bond acceptors (Lipinski definition) is 3. The van der Waals surface area contributed by atoms with Crippen LogP contribution in [0.15, 0.2) is 48.6 Å². The number of hydrogen-bond donors (Lipinski definition) is 1. The van der Waals surface area contributed by atoms with Crippen molar-refractivity contribution in [2.45, 2.75) is 19.4 Å². The van der Waals surface area contributed by atoms with E-state index < -0.39 is 12.1 Å². The van der Waals surface area contributed by atoms with E-state index in [1.807, 2.05) is 18.2 Å². The van der Waals surface area contributed by atoms with Crippen LogP contribution in [0.2, 0.25) is 5.02 Å². The van der Waals surface area contributed by atoms with Crippen LogP contribution in [0.4, 0.5) is 0 Å². The van der Waals surface area contributed by atoms with Gasteiger partial charge in [-0.1, -0.05) is 29.5 Å². The molecule has 0 aliphatic heterocycles. The van der Waals surface area contributed by atoms with Gasteiger partial charge in [-0.2, -0.15) is 0 Å². The number of halogens is 3. The molecule has 0 radical (unpaired) electrons. The van der Waals surface area contributed by atoms with Crippen molar-refractivity contribution < 1.29 is 19.4 Å². The van der Waals surface area contributed by atoms with Gasteiger partial charge in [-0.15, -0.1) is 0 Å². The molecule has 7 heteroatoms. The van der Waals surface area contributed by atoms with Crippen LogP contribution in [-0.4, -0.2) is 30.4 Å². The zero-order valence-corrected chi connectivity index (χ0v) is 20.7. The minimum Gasteiger partial charge on any atom is -0.488 e. The summed E-state index contributed by atoms with van der Waals surface area (Å²) in [5.74, 6) is 5.62. The van der Waals surface area contributed by atoms with Crippen LogP contribution in [0.3, 0.4) is 0 Å². The highest BCUT2D eigenvalue weighted by molar-refractivity contribution is 14.1. The maximum absolute atomic E-state index is 11.2. The van der Waals surface area contributed by atoms with Crippen LogP contribution in [-0.2, 0) is 16.0 Å². The van der Waals surface area contributed by atoms with Gasteiger partial charge in [0.2, 0.25) is 0 Å². The van der Waals surface area contributed by atoms with Crippen molar-refractivity contribution in [1.82, 2.24) is 0 Å². The molecule has 2 aromatic rings. The van der Waals surface area contributed by atoms with E-state index in [9.17, 15) is 9.90 Å². The number of aliphatic carboxylic acids is 1. The molecule has 0 amide bonds. The van der Waals surface area contributed by atoms with Gasteiger partial charge in [-0.05, 0) is 100 Å². The summed E-state index contributed by atoms with van der Waals surface area (Å²) < 4.78 is 13.2. The third-order valence-corrected chi connectivity index (χ3v) is 5.22. The first kappa shape index (κ1) is 24.0. The maximum atomic E-state index is 11.2. The van der Waals surface area contributed by atoms with Gasteiger partial charge in [-0.25, -0.2) is 4.79 Å². The average Bonchev–Trinajstić information content (AvgIpc) is 2.64. The molecule has 0 bridgehead atoms. The van der Waals surface area contributed by atoms with Crippen molar-refractivity contribution in [3.05, 3.63) is 71.8 Å². The minimum atomic E-state index is -0.991. The zero-order valence-electron chi connectivity index (χ0n) is 15.6. The highest BCUT2D eigenvalue weighted by Crippen LogP contribution is 2.26. The lowest BCUT2D eigenvalue weighted by atomic mass is 10.1. The molecule has 1 N–H and O–H groups in total. The summed E-state index contributed by atoms with van der Waals surface area (Å²) in [6, 6.07) is 11.4. The normalized spacial score (nSPS) is 11.7. The standard InChI is InChI=1S/C22H19ClI2O4/c1-2-28-21(22(26)27)13-16-7-8-20(19(23)12-16)29-9-5-3-4-6-15-10-17(24)14-18(25)11-15/h3,5,7-8,10-12,14,21H,2,9,13H2,1H3,(H,26,27). The molecule has 2 aromatic carbocycles. The molecular formula is C22H19ClI2O4. The minimum absolute atomic E-state index is 0.246.